The van der Waals surface area contributed by atoms with Crippen LogP contribution in [0.25, 0.3) is 0 Å². The summed E-state index contributed by atoms with van der Waals surface area (Å²) in [7, 11) is 0. The number of hydrogen-bond acceptors (Lipinski definition) is 2. The molecule has 3 nitrogen and oxygen atoms in total. The fourth-order valence-corrected chi connectivity index (χ4v) is 2.77. The largest absolute Gasteiger partial charge is 0.378 e. The SMILES string of the molecule is O=C(CC[C@@H]1CCCO1)NCCc1ccccc1Br. The van der Waals surface area contributed by atoms with Gasteiger partial charge in [0.05, 0.1) is 6.10 Å². The second kappa shape index (κ2) is 7.65. The van der Waals surface area contributed by atoms with Crippen LogP contribution >= 0.6 is 15.9 Å². The van der Waals surface area contributed by atoms with Gasteiger partial charge < -0.3 is 10.1 Å². The lowest BCUT2D eigenvalue weighted by molar-refractivity contribution is -0.121. The van der Waals surface area contributed by atoms with E-state index in [2.05, 4.69) is 27.3 Å². The maximum Gasteiger partial charge on any atom is 0.220 e. The monoisotopic (exact) mass is 325 g/mol. The highest BCUT2D eigenvalue weighted by Crippen LogP contribution is 2.17. The molecule has 1 N–H and O–H groups in total. The van der Waals surface area contributed by atoms with E-state index in [1.54, 1.807) is 0 Å². The van der Waals surface area contributed by atoms with Gasteiger partial charge in [0.15, 0.2) is 0 Å². The molecule has 0 radical (unpaired) electrons. The Hall–Kier alpha value is -0.870. The zero-order valence-electron chi connectivity index (χ0n) is 11.0. The zero-order chi connectivity index (χ0) is 13.5. The van der Waals surface area contributed by atoms with Crippen molar-refractivity contribution in [2.75, 3.05) is 13.2 Å². The summed E-state index contributed by atoms with van der Waals surface area (Å²) in [6, 6.07) is 8.10. The Labute approximate surface area is 122 Å². The molecule has 4 heteroatoms. The molecule has 1 aliphatic heterocycles. The molecule has 1 heterocycles. The van der Waals surface area contributed by atoms with Crippen LogP contribution < -0.4 is 5.32 Å². The first-order valence-electron chi connectivity index (χ1n) is 6.87. The maximum atomic E-state index is 11.7. The van der Waals surface area contributed by atoms with E-state index in [0.717, 1.165) is 36.8 Å². The number of nitrogens with one attached hydrogen (secondary N) is 1. The first-order valence-corrected chi connectivity index (χ1v) is 7.66. The van der Waals surface area contributed by atoms with Gasteiger partial charge in [-0.2, -0.15) is 0 Å². The summed E-state index contributed by atoms with van der Waals surface area (Å²) in [5.41, 5.74) is 1.22. The van der Waals surface area contributed by atoms with E-state index in [9.17, 15) is 4.79 Å². The Kier molecular flexibility index (Phi) is 5.86. The molecule has 0 aliphatic carbocycles. The Morgan fingerprint density at radius 1 is 1.42 bits per heavy atom. The van der Waals surface area contributed by atoms with Crippen molar-refractivity contribution in [1.29, 1.82) is 0 Å². The van der Waals surface area contributed by atoms with Gasteiger partial charge in [-0.1, -0.05) is 34.1 Å². The zero-order valence-corrected chi connectivity index (χ0v) is 12.6. The summed E-state index contributed by atoms with van der Waals surface area (Å²) in [4.78, 5) is 11.7. The standard InChI is InChI=1S/C15H20BrNO2/c16-14-6-2-1-4-12(14)9-10-17-15(18)8-7-13-5-3-11-19-13/h1-2,4,6,13H,3,5,7-11H2,(H,17,18)/t13-/m0/s1. The number of hydrogen-bond donors (Lipinski definition) is 1. The third-order valence-electron chi connectivity index (χ3n) is 3.39. The number of carbonyl (C=O) groups is 1. The van der Waals surface area contributed by atoms with Crippen molar-refractivity contribution in [1.82, 2.24) is 5.32 Å². The molecule has 104 valence electrons. The lowest BCUT2D eigenvalue weighted by Crippen LogP contribution is -2.26. The Balaban J connectivity index is 1.62. The molecule has 2 rings (SSSR count). The van der Waals surface area contributed by atoms with Crippen molar-refractivity contribution in [2.45, 2.75) is 38.2 Å². The lowest BCUT2D eigenvalue weighted by Gasteiger charge is -2.09. The van der Waals surface area contributed by atoms with Crippen LogP contribution in [-0.4, -0.2) is 25.2 Å². The van der Waals surface area contributed by atoms with E-state index in [-0.39, 0.29) is 5.91 Å². The third-order valence-corrected chi connectivity index (χ3v) is 4.17. The summed E-state index contributed by atoms with van der Waals surface area (Å²) in [6.45, 7) is 1.54. The number of amides is 1. The van der Waals surface area contributed by atoms with Crippen LogP contribution in [0.3, 0.4) is 0 Å². The summed E-state index contributed by atoms with van der Waals surface area (Å²) in [5, 5.41) is 2.97. The second-order valence-electron chi connectivity index (χ2n) is 4.87. The molecule has 1 saturated heterocycles. The van der Waals surface area contributed by atoms with Gasteiger partial charge in [0, 0.05) is 24.0 Å². The molecule has 0 aromatic heterocycles. The van der Waals surface area contributed by atoms with Gasteiger partial charge in [0.2, 0.25) is 5.91 Å². The minimum Gasteiger partial charge on any atom is -0.378 e. The van der Waals surface area contributed by atoms with Crippen LogP contribution in [0.2, 0.25) is 0 Å². The molecule has 0 saturated carbocycles. The van der Waals surface area contributed by atoms with Gasteiger partial charge in [-0.15, -0.1) is 0 Å². The van der Waals surface area contributed by atoms with Crippen LogP contribution in [-0.2, 0) is 16.0 Å². The third kappa shape index (κ3) is 4.96. The lowest BCUT2D eigenvalue weighted by atomic mass is 10.1. The average Bonchev–Trinajstić information content (AvgIpc) is 2.92. The van der Waals surface area contributed by atoms with Gasteiger partial charge in [-0.05, 0) is 37.3 Å². The molecule has 1 atom stereocenters. The fourth-order valence-electron chi connectivity index (χ4n) is 2.29. The molecule has 1 fully saturated rings. The first kappa shape index (κ1) is 14.5. The van der Waals surface area contributed by atoms with Crippen molar-refractivity contribution in [3.05, 3.63) is 34.3 Å². The molecule has 1 aromatic rings. The maximum absolute atomic E-state index is 11.7. The topological polar surface area (TPSA) is 38.3 Å². The van der Waals surface area contributed by atoms with Crippen molar-refractivity contribution in [3.63, 3.8) is 0 Å². The van der Waals surface area contributed by atoms with Crippen LogP contribution in [0.15, 0.2) is 28.7 Å². The van der Waals surface area contributed by atoms with E-state index in [1.807, 2.05) is 18.2 Å². The summed E-state index contributed by atoms with van der Waals surface area (Å²) in [6.07, 6.45) is 4.81. The average molecular weight is 326 g/mol. The Morgan fingerprint density at radius 3 is 3.00 bits per heavy atom. The molecule has 1 aliphatic rings. The van der Waals surface area contributed by atoms with Gasteiger partial charge in [-0.25, -0.2) is 0 Å². The quantitative estimate of drug-likeness (QED) is 0.872. The summed E-state index contributed by atoms with van der Waals surface area (Å²) >= 11 is 3.51. The molecule has 0 spiro atoms. The van der Waals surface area contributed by atoms with E-state index in [0.29, 0.717) is 19.1 Å². The smallest absolute Gasteiger partial charge is 0.220 e. The van der Waals surface area contributed by atoms with Gasteiger partial charge >= 0.3 is 0 Å². The number of rotatable bonds is 6. The summed E-state index contributed by atoms with van der Waals surface area (Å²) < 4.78 is 6.61. The molecule has 1 aromatic carbocycles. The van der Waals surface area contributed by atoms with Crippen molar-refractivity contribution in [3.8, 4) is 0 Å². The van der Waals surface area contributed by atoms with Crippen LogP contribution in [0, 0.1) is 0 Å². The van der Waals surface area contributed by atoms with E-state index >= 15 is 0 Å². The molecule has 19 heavy (non-hydrogen) atoms. The van der Waals surface area contributed by atoms with Gasteiger partial charge in [0.1, 0.15) is 0 Å². The fraction of sp³-hybridized carbons (Fsp3) is 0.533. The highest BCUT2D eigenvalue weighted by atomic mass is 79.9. The molecular formula is C15H20BrNO2. The summed E-state index contributed by atoms with van der Waals surface area (Å²) in [5.74, 6) is 0.127. The van der Waals surface area contributed by atoms with E-state index in [4.69, 9.17) is 4.74 Å². The number of benzene rings is 1. The molecule has 0 bridgehead atoms. The number of ether oxygens (including phenoxy) is 1. The highest BCUT2D eigenvalue weighted by Gasteiger charge is 2.16. The molecule has 0 unspecified atom stereocenters. The minimum absolute atomic E-state index is 0.127. The minimum atomic E-state index is 0.127. The molecule has 1 amide bonds. The van der Waals surface area contributed by atoms with E-state index in [1.165, 1.54) is 5.56 Å². The predicted molar refractivity (Wildman–Crippen MR) is 79.1 cm³/mol. The first-order chi connectivity index (χ1) is 9.25. The van der Waals surface area contributed by atoms with Crippen LogP contribution in [0.4, 0.5) is 0 Å². The Morgan fingerprint density at radius 2 is 2.26 bits per heavy atom. The highest BCUT2D eigenvalue weighted by molar-refractivity contribution is 9.10. The van der Waals surface area contributed by atoms with Crippen LogP contribution in [0.5, 0.6) is 0 Å². The van der Waals surface area contributed by atoms with Crippen molar-refractivity contribution in [2.24, 2.45) is 0 Å². The number of carbonyl (C=O) groups excluding carboxylic acids is 1. The Bertz CT molecular complexity index is 416. The van der Waals surface area contributed by atoms with Gasteiger partial charge in [0.25, 0.3) is 0 Å². The van der Waals surface area contributed by atoms with Gasteiger partial charge in [-0.3, -0.25) is 4.79 Å². The van der Waals surface area contributed by atoms with Crippen LogP contribution in [0.1, 0.15) is 31.2 Å². The number of halogens is 1. The molecular weight excluding hydrogens is 306 g/mol. The normalized spacial score (nSPS) is 18.5. The second-order valence-corrected chi connectivity index (χ2v) is 5.72. The van der Waals surface area contributed by atoms with E-state index < -0.39 is 0 Å². The predicted octanol–water partition coefficient (Wildman–Crippen LogP) is 3.07. The van der Waals surface area contributed by atoms with Crippen molar-refractivity contribution < 1.29 is 9.53 Å². The van der Waals surface area contributed by atoms with Crippen molar-refractivity contribution >= 4 is 21.8 Å².